The Morgan fingerprint density at radius 2 is 1.56 bits per heavy atom. The molecule has 0 aromatic heterocycles. The number of anilines is 1. The summed E-state index contributed by atoms with van der Waals surface area (Å²) in [6.45, 7) is 11.4. The molecule has 1 atom stereocenters. The van der Waals surface area contributed by atoms with Crippen LogP contribution in [0.4, 0.5) is 5.69 Å². The van der Waals surface area contributed by atoms with Crippen molar-refractivity contribution in [2.24, 2.45) is 0 Å². The molecule has 184 valence electrons. The summed E-state index contributed by atoms with van der Waals surface area (Å²) in [6.07, 6.45) is 6.44. The highest BCUT2D eigenvalue weighted by molar-refractivity contribution is 6.00. The SMILES string of the molecule is COc1ccc(C2Oc3ccccc3N(CCCCCN3C(C)(C)CCCC3(C)C)C2=O)cc1. The van der Waals surface area contributed by atoms with Crippen molar-refractivity contribution in [2.75, 3.05) is 25.1 Å². The van der Waals surface area contributed by atoms with Crippen molar-refractivity contribution in [3.63, 3.8) is 0 Å². The van der Waals surface area contributed by atoms with Gasteiger partial charge in [-0.1, -0.05) is 30.7 Å². The number of piperidine rings is 1. The number of unbranched alkanes of at least 4 members (excludes halogenated alkanes) is 2. The van der Waals surface area contributed by atoms with Gasteiger partial charge in [-0.2, -0.15) is 0 Å². The number of ether oxygens (including phenoxy) is 2. The van der Waals surface area contributed by atoms with E-state index in [0.717, 1.165) is 48.6 Å². The quantitative estimate of drug-likeness (QED) is 0.425. The third-order valence-corrected chi connectivity index (χ3v) is 7.61. The highest BCUT2D eigenvalue weighted by atomic mass is 16.5. The topological polar surface area (TPSA) is 42.0 Å². The third-order valence-electron chi connectivity index (χ3n) is 7.61. The largest absolute Gasteiger partial charge is 0.497 e. The summed E-state index contributed by atoms with van der Waals surface area (Å²) in [7, 11) is 1.64. The predicted octanol–water partition coefficient (Wildman–Crippen LogP) is 6.38. The van der Waals surface area contributed by atoms with Crippen LogP contribution in [0.3, 0.4) is 0 Å². The fourth-order valence-electron chi connectivity index (χ4n) is 5.80. The lowest BCUT2D eigenvalue weighted by Gasteiger charge is -2.53. The first-order chi connectivity index (χ1) is 16.2. The molecule has 0 saturated carbocycles. The summed E-state index contributed by atoms with van der Waals surface area (Å²) in [5.74, 6) is 1.53. The van der Waals surface area contributed by atoms with Gasteiger partial charge in [-0.15, -0.1) is 0 Å². The normalized spacial score (nSPS) is 21.6. The molecule has 0 spiro atoms. The average molecular weight is 465 g/mol. The fourth-order valence-corrected chi connectivity index (χ4v) is 5.80. The van der Waals surface area contributed by atoms with E-state index < -0.39 is 6.10 Å². The van der Waals surface area contributed by atoms with E-state index in [1.807, 2.05) is 53.4 Å². The lowest BCUT2D eigenvalue weighted by molar-refractivity contribution is -0.126. The van der Waals surface area contributed by atoms with Gasteiger partial charge in [0.05, 0.1) is 12.8 Å². The zero-order valence-electron chi connectivity index (χ0n) is 21.5. The summed E-state index contributed by atoms with van der Waals surface area (Å²) in [4.78, 5) is 18.1. The van der Waals surface area contributed by atoms with Crippen LogP contribution in [0.1, 0.15) is 77.9 Å². The molecular formula is C29H40N2O3. The standard InChI is InChI=1S/C29H40N2O3/c1-28(2)18-11-19-29(3,4)31(28)21-10-6-9-20-30-24-12-7-8-13-25(24)34-26(27(30)32)22-14-16-23(33-5)17-15-22/h7-8,12-17,26H,6,9-11,18-21H2,1-5H3. The molecule has 0 N–H and O–H groups in total. The van der Waals surface area contributed by atoms with Crippen LogP contribution >= 0.6 is 0 Å². The van der Waals surface area contributed by atoms with E-state index in [2.05, 4.69) is 32.6 Å². The predicted molar refractivity (Wildman–Crippen MR) is 138 cm³/mol. The molecule has 2 aromatic rings. The summed E-state index contributed by atoms with van der Waals surface area (Å²) in [5.41, 5.74) is 2.23. The van der Waals surface area contributed by atoms with Gasteiger partial charge >= 0.3 is 0 Å². The zero-order valence-corrected chi connectivity index (χ0v) is 21.5. The average Bonchev–Trinajstić information content (AvgIpc) is 2.81. The molecule has 2 aliphatic rings. The Bertz CT molecular complexity index is 967. The molecule has 5 nitrogen and oxygen atoms in total. The van der Waals surface area contributed by atoms with Gasteiger partial charge < -0.3 is 14.4 Å². The first kappa shape index (κ1) is 24.6. The molecule has 5 heteroatoms. The van der Waals surface area contributed by atoms with Crippen molar-refractivity contribution < 1.29 is 14.3 Å². The van der Waals surface area contributed by atoms with E-state index in [1.54, 1.807) is 7.11 Å². The highest BCUT2D eigenvalue weighted by Gasteiger charge is 2.40. The van der Waals surface area contributed by atoms with Crippen molar-refractivity contribution >= 4 is 11.6 Å². The smallest absolute Gasteiger partial charge is 0.272 e. The molecule has 1 saturated heterocycles. The number of carbonyl (C=O) groups is 1. The van der Waals surface area contributed by atoms with Crippen molar-refractivity contribution in [3.05, 3.63) is 54.1 Å². The van der Waals surface area contributed by atoms with Crippen LogP contribution in [0.2, 0.25) is 0 Å². The number of para-hydroxylation sites is 2. The second kappa shape index (κ2) is 9.99. The van der Waals surface area contributed by atoms with E-state index >= 15 is 0 Å². The van der Waals surface area contributed by atoms with E-state index in [-0.39, 0.29) is 17.0 Å². The monoisotopic (exact) mass is 464 g/mol. The summed E-state index contributed by atoms with van der Waals surface area (Å²) in [5, 5.41) is 0. The van der Waals surface area contributed by atoms with Gasteiger partial charge in [-0.25, -0.2) is 0 Å². The van der Waals surface area contributed by atoms with Gasteiger partial charge in [0.15, 0.2) is 0 Å². The first-order valence-corrected chi connectivity index (χ1v) is 12.7. The Labute approximate surface area is 205 Å². The van der Waals surface area contributed by atoms with Crippen LogP contribution in [0.25, 0.3) is 0 Å². The number of benzene rings is 2. The van der Waals surface area contributed by atoms with Crippen LogP contribution in [0.15, 0.2) is 48.5 Å². The Morgan fingerprint density at radius 1 is 0.912 bits per heavy atom. The number of amides is 1. The Hall–Kier alpha value is -2.53. The molecule has 4 rings (SSSR count). The van der Waals surface area contributed by atoms with Crippen molar-refractivity contribution in [1.29, 1.82) is 0 Å². The van der Waals surface area contributed by atoms with Crippen LogP contribution in [0.5, 0.6) is 11.5 Å². The number of carbonyl (C=O) groups excluding carboxylic acids is 1. The van der Waals surface area contributed by atoms with Crippen molar-refractivity contribution in [1.82, 2.24) is 4.90 Å². The van der Waals surface area contributed by atoms with Gasteiger partial charge in [-0.05, 0) is 90.6 Å². The number of methoxy groups -OCH3 is 1. The molecule has 1 fully saturated rings. The van der Waals surface area contributed by atoms with Crippen LogP contribution < -0.4 is 14.4 Å². The molecule has 34 heavy (non-hydrogen) atoms. The van der Waals surface area contributed by atoms with Gasteiger partial charge in [0.1, 0.15) is 11.5 Å². The molecule has 0 bridgehead atoms. The number of nitrogens with zero attached hydrogens (tertiary/aromatic N) is 2. The number of fused-ring (bicyclic) bond motifs is 1. The maximum atomic E-state index is 13.5. The molecule has 1 amide bonds. The first-order valence-electron chi connectivity index (χ1n) is 12.7. The molecular weight excluding hydrogens is 424 g/mol. The lowest BCUT2D eigenvalue weighted by Crippen LogP contribution is -2.58. The minimum atomic E-state index is -0.629. The molecule has 0 aliphatic carbocycles. The molecule has 2 aliphatic heterocycles. The fraction of sp³-hybridized carbons (Fsp3) is 0.552. The number of likely N-dealkylation sites (tertiary alicyclic amines) is 1. The number of hydrogen-bond donors (Lipinski definition) is 0. The number of hydrogen-bond acceptors (Lipinski definition) is 4. The Morgan fingerprint density at radius 3 is 2.24 bits per heavy atom. The summed E-state index contributed by atoms with van der Waals surface area (Å²) >= 11 is 0. The van der Waals surface area contributed by atoms with E-state index in [1.165, 1.54) is 19.3 Å². The molecule has 0 radical (unpaired) electrons. The van der Waals surface area contributed by atoms with Crippen LogP contribution in [0, 0.1) is 0 Å². The zero-order chi connectivity index (χ0) is 24.3. The van der Waals surface area contributed by atoms with Gasteiger partial charge in [-0.3, -0.25) is 9.69 Å². The van der Waals surface area contributed by atoms with Gasteiger partial charge in [0, 0.05) is 23.2 Å². The highest BCUT2D eigenvalue weighted by Crippen LogP contribution is 2.40. The van der Waals surface area contributed by atoms with Gasteiger partial charge in [0.25, 0.3) is 5.91 Å². The van der Waals surface area contributed by atoms with Crippen LogP contribution in [-0.4, -0.2) is 42.1 Å². The van der Waals surface area contributed by atoms with Crippen LogP contribution in [-0.2, 0) is 4.79 Å². The maximum absolute atomic E-state index is 13.5. The molecule has 2 heterocycles. The second-order valence-corrected chi connectivity index (χ2v) is 10.9. The lowest BCUT2D eigenvalue weighted by atomic mass is 9.79. The van der Waals surface area contributed by atoms with Crippen molar-refractivity contribution in [3.8, 4) is 11.5 Å². The van der Waals surface area contributed by atoms with Crippen molar-refractivity contribution in [2.45, 2.75) is 83.4 Å². The summed E-state index contributed by atoms with van der Waals surface area (Å²) in [6, 6.07) is 15.4. The van der Waals surface area contributed by atoms with E-state index in [9.17, 15) is 4.79 Å². The van der Waals surface area contributed by atoms with E-state index in [4.69, 9.17) is 9.47 Å². The molecule has 1 unspecified atom stereocenters. The van der Waals surface area contributed by atoms with E-state index in [0.29, 0.717) is 6.54 Å². The minimum absolute atomic E-state index is 0.00200. The maximum Gasteiger partial charge on any atom is 0.272 e. The third kappa shape index (κ3) is 5.10. The molecule has 2 aromatic carbocycles. The Kier molecular flexibility index (Phi) is 7.22. The second-order valence-electron chi connectivity index (χ2n) is 10.9. The Balaban J connectivity index is 1.40. The van der Waals surface area contributed by atoms with Gasteiger partial charge in [0.2, 0.25) is 6.10 Å². The number of rotatable bonds is 8. The minimum Gasteiger partial charge on any atom is -0.497 e. The summed E-state index contributed by atoms with van der Waals surface area (Å²) < 4.78 is 11.4.